The predicted octanol–water partition coefficient (Wildman–Crippen LogP) is 4.19. The molecule has 0 amide bonds. The second-order valence-electron chi connectivity index (χ2n) is 8.08. The smallest absolute Gasteiger partial charge is 0.122 e. The van der Waals surface area contributed by atoms with Crippen LogP contribution in [0.4, 0.5) is 4.39 Å². The average molecular weight is 409 g/mol. The molecule has 0 saturated carbocycles. The molecule has 2 N–H and O–H groups in total. The molecule has 1 saturated heterocycles. The Morgan fingerprint density at radius 3 is 2.68 bits per heavy atom. The highest BCUT2D eigenvalue weighted by atomic mass is 35.5. The summed E-state index contributed by atoms with van der Waals surface area (Å²) in [6.45, 7) is 5.37. The lowest BCUT2D eigenvalue weighted by molar-refractivity contribution is -0.0158. The van der Waals surface area contributed by atoms with E-state index in [-0.39, 0.29) is 12.4 Å². The van der Waals surface area contributed by atoms with Gasteiger partial charge >= 0.3 is 0 Å². The molecule has 3 rings (SSSR count). The molecule has 0 unspecified atom stereocenters. The fourth-order valence-corrected chi connectivity index (χ4v) is 3.68. The van der Waals surface area contributed by atoms with E-state index in [0.29, 0.717) is 31.2 Å². The van der Waals surface area contributed by atoms with E-state index in [4.69, 9.17) is 16.3 Å². The summed E-state index contributed by atoms with van der Waals surface area (Å²) in [5.41, 5.74) is 0.290. The van der Waals surface area contributed by atoms with Gasteiger partial charge in [-0.3, -0.25) is 4.90 Å². The van der Waals surface area contributed by atoms with Crippen LogP contribution in [0.5, 0.6) is 0 Å². The predicted molar refractivity (Wildman–Crippen MR) is 111 cm³/mol. The Morgan fingerprint density at radius 1 is 1.29 bits per heavy atom. The number of halogens is 2. The van der Waals surface area contributed by atoms with Gasteiger partial charge < -0.3 is 15.2 Å². The van der Waals surface area contributed by atoms with Crippen molar-refractivity contribution in [3.05, 3.63) is 58.6 Å². The van der Waals surface area contributed by atoms with Gasteiger partial charge in [0.15, 0.2) is 0 Å². The van der Waals surface area contributed by atoms with Crippen molar-refractivity contribution in [2.75, 3.05) is 26.2 Å². The number of likely N-dealkylation sites (tertiary alicyclic amines) is 1. The minimum Gasteiger partial charge on any atom is -0.495 e. The van der Waals surface area contributed by atoms with Gasteiger partial charge in [0.25, 0.3) is 0 Å². The van der Waals surface area contributed by atoms with Gasteiger partial charge in [-0.2, -0.15) is 0 Å². The van der Waals surface area contributed by atoms with Gasteiger partial charge in [-0.05, 0) is 63.0 Å². The Bertz CT molecular complexity index is 695. The molecular formula is C22H30ClFN2O2. The van der Waals surface area contributed by atoms with Gasteiger partial charge in [0.05, 0.1) is 5.76 Å². The Labute approximate surface area is 172 Å². The first-order valence-corrected chi connectivity index (χ1v) is 10.4. The van der Waals surface area contributed by atoms with Crippen molar-refractivity contribution < 1.29 is 14.2 Å². The monoisotopic (exact) mass is 408 g/mol. The number of rotatable bonds is 8. The molecule has 4 nitrogen and oxygen atoms in total. The number of nitrogens with one attached hydrogen (secondary N) is 1. The Balaban J connectivity index is 1.36. The van der Waals surface area contributed by atoms with E-state index in [1.807, 2.05) is 12.1 Å². The number of ether oxygens (including phenoxy) is 1. The molecule has 28 heavy (non-hydrogen) atoms. The fraction of sp³-hybridized carbons (Fsp3) is 0.545. The molecule has 1 aliphatic heterocycles. The van der Waals surface area contributed by atoms with E-state index >= 15 is 0 Å². The van der Waals surface area contributed by atoms with Crippen molar-refractivity contribution >= 4 is 11.6 Å². The zero-order valence-corrected chi connectivity index (χ0v) is 17.2. The van der Waals surface area contributed by atoms with Crippen LogP contribution in [0.25, 0.3) is 0 Å². The molecule has 0 radical (unpaired) electrons. The van der Waals surface area contributed by atoms with Gasteiger partial charge in [-0.1, -0.05) is 23.7 Å². The zero-order valence-electron chi connectivity index (χ0n) is 16.5. The SMILES string of the molecule is C[C@](O)(CNC1CCN(Cc2ccc(Cl)cc2)CC1)COC1=CC(F)=CCC1. The van der Waals surface area contributed by atoms with E-state index in [2.05, 4.69) is 22.3 Å². The van der Waals surface area contributed by atoms with E-state index in [1.165, 1.54) is 11.6 Å². The highest BCUT2D eigenvalue weighted by Crippen LogP contribution is 2.21. The molecule has 0 bridgehead atoms. The Morgan fingerprint density at radius 2 is 2.00 bits per heavy atom. The van der Waals surface area contributed by atoms with Crippen molar-refractivity contribution in [2.24, 2.45) is 0 Å². The molecule has 1 aromatic rings. The number of benzene rings is 1. The van der Waals surface area contributed by atoms with E-state index in [9.17, 15) is 9.50 Å². The molecule has 1 heterocycles. The third kappa shape index (κ3) is 6.89. The highest BCUT2D eigenvalue weighted by molar-refractivity contribution is 6.30. The lowest BCUT2D eigenvalue weighted by Crippen LogP contribution is -2.49. The third-order valence-corrected chi connectivity index (χ3v) is 5.53. The van der Waals surface area contributed by atoms with Crippen LogP contribution >= 0.6 is 11.6 Å². The standard InChI is InChI=1S/C22H30ClFN2O2/c1-22(27,16-28-21-4-2-3-19(24)13-21)15-25-20-9-11-26(12-10-20)14-17-5-7-18(23)8-6-17/h3,5-8,13,20,25,27H,2,4,9-12,14-16H2,1H3/t22-/m0/s1. The quantitative estimate of drug-likeness (QED) is 0.676. The van der Waals surface area contributed by atoms with Gasteiger partial charge in [0.2, 0.25) is 0 Å². The molecule has 1 aromatic carbocycles. The highest BCUT2D eigenvalue weighted by Gasteiger charge is 2.25. The molecule has 0 aromatic heterocycles. The van der Waals surface area contributed by atoms with Gasteiger partial charge in [0.1, 0.15) is 18.0 Å². The number of hydrogen-bond acceptors (Lipinski definition) is 4. The van der Waals surface area contributed by atoms with Crippen molar-refractivity contribution in [1.82, 2.24) is 10.2 Å². The molecule has 1 fully saturated rings. The molecule has 2 aliphatic rings. The second kappa shape index (κ2) is 9.88. The van der Waals surface area contributed by atoms with Gasteiger partial charge in [0, 0.05) is 36.7 Å². The summed E-state index contributed by atoms with van der Waals surface area (Å²) in [7, 11) is 0. The van der Waals surface area contributed by atoms with E-state index in [1.54, 1.807) is 13.0 Å². The van der Waals surface area contributed by atoms with Crippen LogP contribution in [0.3, 0.4) is 0 Å². The number of allylic oxidation sites excluding steroid dienone is 4. The topological polar surface area (TPSA) is 44.7 Å². The fourth-order valence-electron chi connectivity index (χ4n) is 3.56. The number of aliphatic hydroxyl groups is 1. The number of nitrogens with zero attached hydrogens (tertiary/aromatic N) is 1. The van der Waals surface area contributed by atoms with Crippen LogP contribution in [0.15, 0.2) is 48.0 Å². The minimum absolute atomic E-state index is 0.161. The molecule has 1 aliphatic carbocycles. The summed E-state index contributed by atoms with van der Waals surface area (Å²) in [5.74, 6) is 0.347. The van der Waals surface area contributed by atoms with Crippen molar-refractivity contribution in [1.29, 1.82) is 0 Å². The second-order valence-corrected chi connectivity index (χ2v) is 8.52. The van der Waals surface area contributed by atoms with Crippen molar-refractivity contribution in [2.45, 2.75) is 50.8 Å². The number of piperidine rings is 1. The summed E-state index contributed by atoms with van der Waals surface area (Å²) in [5, 5.41) is 14.8. The molecular weight excluding hydrogens is 379 g/mol. The first-order chi connectivity index (χ1) is 13.4. The van der Waals surface area contributed by atoms with Crippen LogP contribution in [0.1, 0.15) is 38.2 Å². The van der Waals surface area contributed by atoms with Crippen LogP contribution in [0, 0.1) is 0 Å². The van der Waals surface area contributed by atoms with Crippen molar-refractivity contribution in [3.8, 4) is 0 Å². The first-order valence-electron chi connectivity index (χ1n) is 10.0. The zero-order chi connectivity index (χ0) is 20.0. The maximum absolute atomic E-state index is 13.3. The molecule has 154 valence electrons. The van der Waals surface area contributed by atoms with Crippen LogP contribution in [0.2, 0.25) is 5.02 Å². The summed E-state index contributed by atoms with van der Waals surface area (Å²) >= 11 is 5.94. The molecule has 6 heteroatoms. The minimum atomic E-state index is -0.987. The summed E-state index contributed by atoms with van der Waals surface area (Å²) < 4.78 is 18.9. The maximum Gasteiger partial charge on any atom is 0.122 e. The van der Waals surface area contributed by atoms with Crippen LogP contribution in [-0.2, 0) is 11.3 Å². The molecule has 0 spiro atoms. The summed E-state index contributed by atoms with van der Waals surface area (Å²) in [6.07, 6.45) is 6.38. The summed E-state index contributed by atoms with van der Waals surface area (Å²) in [4.78, 5) is 2.44. The third-order valence-electron chi connectivity index (χ3n) is 5.28. The first kappa shape index (κ1) is 21.3. The maximum atomic E-state index is 13.3. The number of hydrogen-bond donors (Lipinski definition) is 2. The lowest BCUT2D eigenvalue weighted by Gasteiger charge is -2.34. The van der Waals surface area contributed by atoms with Gasteiger partial charge in [-0.25, -0.2) is 4.39 Å². The van der Waals surface area contributed by atoms with Crippen LogP contribution < -0.4 is 5.32 Å². The Hall–Kier alpha value is -1.40. The lowest BCUT2D eigenvalue weighted by atomic mass is 10.0. The summed E-state index contributed by atoms with van der Waals surface area (Å²) in [6, 6.07) is 8.41. The van der Waals surface area contributed by atoms with E-state index in [0.717, 1.165) is 37.5 Å². The van der Waals surface area contributed by atoms with E-state index < -0.39 is 5.60 Å². The van der Waals surface area contributed by atoms with Crippen LogP contribution in [-0.4, -0.2) is 47.9 Å². The van der Waals surface area contributed by atoms with Gasteiger partial charge in [-0.15, -0.1) is 0 Å². The largest absolute Gasteiger partial charge is 0.495 e. The van der Waals surface area contributed by atoms with Crippen molar-refractivity contribution in [3.63, 3.8) is 0 Å². The molecule has 1 atom stereocenters. The average Bonchev–Trinajstić information content (AvgIpc) is 2.68. The normalized spacial score (nSPS) is 21.0. The Kier molecular flexibility index (Phi) is 7.52.